The molecule has 18 heavy (non-hydrogen) atoms. The first-order valence-electron chi connectivity index (χ1n) is 7.32. The molecule has 2 unspecified atom stereocenters. The van der Waals surface area contributed by atoms with Crippen molar-refractivity contribution >= 4 is 5.91 Å². The first-order chi connectivity index (χ1) is 8.63. The quantitative estimate of drug-likeness (QED) is 0.719. The van der Waals surface area contributed by atoms with Crippen molar-refractivity contribution in [2.75, 3.05) is 33.2 Å². The molecule has 0 aromatic carbocycles. The van der Waals surface area contributed by atoms with Crippen LogP contribution in [0, 0.1) is 5.92 Å². The number of nitrogens with zero attached hydrogens (tertiary/aromatic N) is 1. The Labute approximate surface area is 111 Å². The topological polar surface area (TPSA) is 44.4 Å². The highest BCUT2D eigenvalue weighted by atomic mass is 16.1. The molecule has 0 radical (unpaired) electrons. The Balaban J connectivity index is 2.12. The molecule has 2 atom stereocenters. The second kappa shape index (κ2) is 8.48. The van der Waals surface area contributed by atoms with Crippen LogP contribution in [0.25, 0.3) is 0 Å². The number of carbonyl (C=O) groups is 1. The Bertz CT molecular complexity index is 245. The van der Waals surface area contributed by atoms with Gasteiger partial charge in [0.1, 0.15) is 0 Å². The van der Waals surface area contributed by atoms with E-state index in [1.807, 2.05) is 0 Å². The zero-order chi connectivity index (χ0) is 13.4. The fourth-order valence-corrected chi connectivity index (χ4v) is 2.55. The van der Waals surface area contributed by atoms with Gasteiger partial charge in [-0.2, -0.15) is 0 Å². The van der Waals surface area contributed by atoms with Crippen LogP contribution in [0.2, 0.25) is 0 Å². The normalized spacial score (nSPS) is 22.7. The van der Waals surface area contributed by atoms with Gasteiger partial charge in [0.25, 0.3) is 0 Å². The largest absolute Gasteiger partial charge is 0.356 e. The SMILES string of the molecule is CCCNC(=O)CCNC(C)C1CCCN(C)C1. The molecular formula is C14H29N3O. The maximum atomic E-state index is 11.5. The summed E-state index contributed by atoms with van der Waals surface area (Å²) in [7, 11) is 2.19. The van der Waals surface area contributed by atoms with Gasteiger partial charge in [-0.15, -0.1) is 0 Å². The minimum absolute atomic E-state index is 0.164. The summed E-state index contributed by atoms with van der Waals surface area (Å²) in [6, 6.07) is 0.506. The highest BCUT2D eigenvalue weighted by Gasteiger charge is 2.22. The lowest BCUT2D eigenvalue weighted by Gasteiger charge is -2.34. The van der Waals surface area contributed by atoms with Gasteiger partial charge < -0.3 is 15.5 Å². The van der Waals surface area contributed by atoms with E-state index in [0.29, 0.717) is 12.5 Å². The van der Waals surface area contributed by atoms with Crippen molar-refractivity contribution in [2.45, 2.75) is 45.6 Å². The summed E-state index contributed by atoms with van der Waals surface area (Å²) in [5, 5.41) is 6.40. The van der Waals surface area contributed by atoms with E-state index in [1.165, 1.54) is 25.9 Å². The molecule has 106 valence electrons. The first kappa shape index (κ1) is 15.4. The van der Waals surface area contributed by atoms with E-state index in [1.54, 1.807) is 0 Å². The van der Waals surface area contributed by atoms with Crippen molar-refractivity contribution in [3.63, 3.8) is 0 Å². The number of carbonyl (C=O) groups excluding carboxylic acids is 1. The van der Waals surface area contributed by atoms with Crippen LogP contribution in [-0.2, 0) is 4.79 Å². The second-order valence-electron chi connectivity index (χ2n) is 5.51. The molecule has 0 bridgehead atoms. The molecule has 1 fully saturated rings. The summed E-state index contributed by atoms with van der Waals surface area (Å²) < 4.78 is 0. The van der Waals surface area contributed by atoms with Gasteiger partial charge in [0.2, 0.25) is 5.91 Å². The lowest BCUT2D eigenvalue weighted by molar-refractivity contribution is -0.121. The molecule has 1 aliphatic rings. The fourth-order valence-electron chi connectivity index (χ4n) is 2.55. The highest BCUT2D eigenvalue weighted by Crippen LogP contribution is 2.18. The van der Waals surface area contributed by atoms with Gasteiger partial charge in [0, 0.05) is 32.1 Å². The molecule has 1 aliphatic heterocycles. The fraction of sp³-hybridized carbons (Fsp3) is 0.929. The molecule has 1 amide bonds. The smallest absolute Gasteiger partial charge is 0.221 e. The molecule has 0 aliphatic carbocycles. The molecule has 2 N–H and O–H groups in total. The van der Waals surface area contributed by atoms with Gasteiger partial charge in [-0.25, -0.2) is 0 Å². The summed E-state index contributed by atoms with van der Waals surface area (Å²) in [4.78, 5) is 13.9. The van der Waals surface area contributed by atoms with Crippen LogP contribution in [0.5, 0.6) is 0 Å². The molecule has 4 heteroatoms. The average molecular weight is 255 g/mol. The number of likely N-dealkylation sites (tertiary alicyclic amines) is 1. The van der Waals surface area contributed by atoms with Gasteiger partial charge >= 0.3 is 0 Å². The van der Waals surface area contributed by atoms with Crippen LogP contribution in [0.1, 0.15) is 39.5 Å². The molecule has 0 spiro atoms. The summed E-state index contributed by atoms with van der Waals surface area (Å²) in [5.74, 6) is 0.889. The molecule has 4 nitrogen and oxygen atoms in total. The number of nitrogens with one attached hydrogen (secondary N) is 2. The van der Waals surface area contributed by atoms with E-state index in [-0.39, 0.29) is 5.91 Å². The van der Waals surface area contributed by atoms with E-state index >= 15 is 0 Å². The predicted octanol–water partition coefficient (Wildman–Crippen LogP) is 1.22. The molecule has 0 aromatic rings. The summed E-state index contributed by atoms with van der Waals surface area (Å²) in [5.41, 5.74) is 0. The van der Waals surface area contributed by atoms with Crippen molar-refractivity contribution in [3.8, 4) is 0 Å². The maximum Gasteiger partial charge on any atom is 0.221 e. The van der Waals surface area contributed by atoms with Gasteiger partial charge in [0.15, 0.2) is 0 Å². The Kier molecular flexibility index (Phi) is 7.28. The molecule has 0 aromatic heterocycles. The van der Waals surface area contributed by atoms with Crippen LogP contribution in [-0.4, -0.2) is 50.1 Å². The third-order valence-electron chi connectivity index (χ3n) is 3.76. The number of hydrogen-bond acceptors (Lipinski definition) is 3. The van der Waals surface area contributed by atoms with Crippen LogP contribution in [0.15, 0.2) is 0 Å². The van der Waals surface area contributed by atoms with Crippen LogP contribution < -0.4 is 10.6 Å². The van der Waals surface area contributed by atoms with Crippen molar-refractivity contribution < 1.29 is 4.79 Å². The van der Waals surface area contributed by atoms with Crippen molar-refractivity contribution in [1.82, 2.24) is 15.5 Å². The number of hydrogen-bond donors (Lipinski definition) is 2. The number of piperidine rings is 1. The summed E-state index contributed by atoms with van der Waals surface area (Å²) in [6.45, 7) is 8.30. The molecule has 1 saturated heterocycles. The van der Waals surface area contributed by atoms with Gasteiger partial charge in [0.05, 0.1) is 0 Å². The van der Waals surface area contributed by atoms with Crippen LogP contribution in [0.4, 0.5) is 0 Å². The van der Waals surface area contributed by atoms with Crippen molar-refractivity contribution in [3.05, 3.63) is 0 Å². The summed E-state index contributed by atoms with van der Waals surface area (Å²) >= 11 is 0. The maximum absolute atomic E-state index is 11.5. The Morgan fingerprint density at radius 1 is 1.44 bits per heavy atom. The predicted molar refractivity (Wildman–Crippen MR) is 75.6 cm³/mol. The Morgan fingerprint density at radius 2 is 2.22 bits per heavy atom. The van der Waals surface area contributed by atoms with Crippen LogP contribution in [0.3, 0.4) is 0 Å². The highest BCUT2D eigenvalue weighted by molar-refractivity contribution is 5.75. The molecule has 1 rings (SSSR count). The minimum atomic E-state index is 0.164. The van der Waals surface area contributed by atoms with Crippen molar-refractivity contribution in [1.29, 1.82) is 0 Å². The molecule has 0 saturated carbocycles. The zero-order valence-electron chi connectivity index (χ0n) is 12.2. The van der Waals surface area contributed by atoms with E-state index in [0.717, 1.165) is 25.4 Å². The van der Waals surface area contributed by atoms with Gasteiger partial charge in [-0.05, 0) is 45.7 Å². The molecule has 1 heterocycles. The average Bonchev–Trinajstić information content (AvgIpc) is 2.36. The lowest BCUT2D eigenvalue weighted by atomic mass is 9.92. The third-order valence-corrected chi connectivity index (χ3v) is 3.76. The number of rotatable bonds is 7. The van der Waals surface area contributed by atoms with E-state index in [4.69, 9.17) is 0 Å². The van der Waals surface area contributed by atoms with E-state index < -0.39 is 0 Å². The monoisotopic (exact) mass is 255 g/mol. The van der Waals surface area contributed by atoms with Crippen molar-refractivity contribution in [2.24, 2.45) is 5.92 Å². The Morgan fingerprint density at radius 3 is 2.89 bits per heavy atom. The number of amides is 1. The first-order valence-corrected chi connectivity index (χ1v) is 7.32. The van der Waals surface area contributed by atoms with Gasteiger partial charge in [-0.1, -0.05) is 6.92 Å². The minimum Gasteiger partial charge on any atom is -0.356 e. The lowest BCUT2D eigenvalue weighted by Crippen LogP contribution is -2.43. The van der Waals surface area contributed by atoms with E-state index in [2.05, 4.69) is 36.4 Å². The summed E-state index contributed by atoms with van der Waals surface area (Å²) in [6.07, 6.45) is 4.20. The third kappa shape index (κ3) is 5.83. The zero-order valence-corrected chi connectivity index (χ0v) is 12.2. The Hall–Kier alpha value is -0.610. The van der Waals surface area contributed by atoms with Crippen LogP contribution >= 0.6 is 0 Å². The second-order valence-corrected chi connectivity index (χ2v) is 5.51. The molecular weight excluding hydrogens is 226 g/mol. The van der Waals surface area contributed by atoms with Gasteiger partial charge in [-0.3, -0.25) is 4.79 Å². The van der Waals surface area contributed by atoms with E-state index in [9.17, 15) is 4.79 Å². The standard InChI is InChI=1S/C14H29N3O/c1-4-8-16-14(18)7-9-15-12(2)13-6-5-10-17(3)11-13/h12-13,15H,4-11H2,1-3H3,(H,16,18).